The van der Waals surface area contributed by atoms with E-state index in [-0.39, 0.29) is 17.7 Å². The molecule has 2 aliphatic rings. The van der Waals surface area contributed by atoms with E-state index >= 15 is 0 Å². The van der Waals surface area contributed by atoms with Gasteiger partial charge in [-0.05, 0) is 36.8 Å². The van der Waals surface area contributed by atoms with Gasteiger partial charge in [0.25, 0.3) is 0 Å². The molecule has 0 N–H and O–H groups in total. The Morgan fingerprint density at radius 3 is 1.71 bits per heavy atom. The zero-order chi connectivity index (χ0) is 19.3. The highest BCUT2D eigenvalue weighted by molar-refractivity contribution is 5.87. The molecule has 0 aromatic heterocycles. The molecule has 2 aromatic rings. The first-order valence-electron chi connectivity index (χ1n) is 10.4. The number of carbonyl (C=O) groups is 2. The molecule has 2 aliphatic heterocycles. The second-order valence-corrected chi connectivity index (χ2v) is 7.89. The van der Waals surface area contributed by atoms with Gasteiger partial charge in [-0.3, -0.25) is 9.59 Å². The minimum atomic E-state index is -0.284. The fraction of sp³-hybridized carbons (Fsp3) is 0.417. The maximum atomic E-state index is 13.5. The van der Waals surface area contributed by atoms with E-state index in [9.17, 15) is 9.59 Å². The Hall–Kier alpha value is -2.62. The molecule has 28 heavy (non-hydrogen) atoms. The summed E-state index contributed by atoms with van der Waals surface area (Å²) in [6.07, 6.45) is 3.80. The number of likely N-dealkylation sites (tertiary alicyclic amines) is 2. The quantitative estimate of drug-likeness (QED) is 0.817. The molecule has 0 spiro atoms. The lowest BCUT2D eigenvalue weighted by molar-refractivity contribution is -0.140. The molecule has 0 unspecified atom stereocenters. The summed E-state index contributed by atoms with van der Waals surface area (Å²) in [7, 11) is 0. The van der Waals surface area contributed by atoms with Gasteiger partial charge in [-0.25, -0.2) is 0 Å². The minimum absolute atomic E-state index is 0.0778. The Labute approximate surface area is 167 Å². The summed E-state index contributed by atoms with van der Waals surface area (Å²) in [6, 6.07) is 20.0. The first-order chi connectivity index (χ1) is 13.7. The lowest BCUT2D eigenvalue weighted by Crippen LogP contribution is -2.45. The number of piperidine rings is 1. The summed E-state index contributed by atoms with van der Waals surface area (Å²) in [5.41, 5.74) is 2.04. The van der Waals surface area contributed by atoms with Crippen LogP contribution in [0, 0.1) is 5.92 Å². The second kappa shape index (κ2) is 8.59. The third kappa shape index (κ3) is 3.96. The molecule has 2 heterocycles. The van der Waals surface area contributed by atoms with Gasteiger partial charge >= 0.3 is 0 Å². The molecule has 0 atom stereocenters. The zero-order valence-electron chi connectivity index (χ0n) is 16.3. The molecule has 4 nitrogen and oxygen atoms in total. The molecule has 2 aromatic carbocycles. The Bertz CT molecular complexity index is 752. The summed E-state index contributed by atoms with van der Waals surface area (Å²) in [5.74, 6) is 0.235. The average Bonchev–Trinajstić information content (AvgIpc) is 3.30. The van der Waals surface area contributed by atoms with Gasteiger partial charge in [0.05, 0.1) is 5.92 Å². The first kappa shape index (κ1) is 18.7. The molecule has 146 valence electrons. The molecule has 2 amide bonds. The van der Waals surface area contributed by atoms with E-state index in [2.05, 4.69) is 0 Å². The van der Waals surface area contributed by atoms with Crippen LogP contribution in [-0.2, 0) is 9.59 Å². The van der Waals surface area contributed by atoms with Gasteiger partial charge in [-0.1, -0.05) is 60.7 Å². The molecule has 0 aliphatic carbocycles. The van der Waals surface area contributed by atoms with Crippen molar-refractivity contribution in [3.63, 3.8) is 0 Å². The lowest BCUT2D eigenvalue weighted by atomic mass is 9.88. The predicted octanol–water partition coefficient (Wildman–Crippen LogP) is 3.68. The Balaban J connectivity index is 1.47. The van der Waals surface area contributed by atoms with Crippen LogP contribution in [0.5, 0.6) is 0 Å². The predicted molar refractivity (Wildman–Crippen MR) is 110 cm³/mol. The lowest BCUT2D eigenvalue weighted by Gasteiger charge is -2.35. The van der Waals surface area contributed by atoms with Crippen molar-refractivity contribution in [3.8, 4) is 0 Å². The van der Waals surface area contributed by atoms with Crippen LogP contribution in [0.4, 0.5) is 0 Å². The van der Waals surface area contributed by atoms with Crippen molar-refractivity contribution in [1.82, 2.24) is 9.80 Å². The summed E-state index contributed by atoms with van der Waals surface area (Å²) in [4.78, 5) is 30.1. The van der Waals surface area contributed by atoms with Crippen LogP contribution < -0.4 is 0 Å². The van der Waals surface area contributed by atoms with Crippen LogP contribution in [0.25, 0.3) is 0 Å². The van der Waals surface area contributed by atoms with Crippen molar-refractivity contribution >= 4 is 11.8 Å². The van der Waals surface area contributed by atoms with Gasteiger partial charge < -0.3 is 9.80 Å². The number of amides is 2. The SMILES string of the molecule is O=C(C1CCN(C(=O)C(c2ccccc2)c2ccccc2)CC1)N1CCCC1. The van der Waals surface area contributed by atoms with Gasteiger partial charge in [-0.2, -0.15) is 0 Å². The van der Waals surface area contributed by atoms with Crippen molar-refractivity contribution in [2.24, 2.45) is 5.92 Å². The van der Waals surface area contributed by atoms with E-state index in [1.165, 1.54) is 0 Å². The summed E-state index contributed by atoms with van der Waals surface area (Å²) < 4.78 is 0. The molecule has 4 heteroatoms. The third-order valence-electron chi connectivity index (χ3n) is 6.09. The van der Waals surface area contributed by atoms with Crippen LogP contribution in [0.15, 0.2) is 60.7 Å². The van der Waals surface area contributed by atoms with Crippen LogP contribution >= 0.6 is 0 Å². The highest BCUT2D eigenvalue weighted by Crippen LogP contribution is 2.29. The van der Waals surface area contributed by atoms with Crippen LogP contribution in [0.1, 0.15) is 42.7 Å². The smallest absolute Gasteiger partial charge is 0.234 e. The van der Waals surface area contributed by atoms with Gasteiger partial charge in [0, 0.05) is 32.1 Å². The van der Waals surface area contributed by atoms with Crippen LogP contribution in [0.2, 0.25) is 0 Å². The highest BCUT2D eigenvalue weighted by atomic mass is 16.2. The monoisotopic (exact) mass is 376 g/mol. The van der Waals surface area contributed by atoms with E-state index in [1.54, 1.807) is 0 Å². The summed E-state index contributed by atoms with van der Waals surface area (Å²) >= 11 is 0. The van der Waals surface area contributed by atoms with Crippen molar-refractivity contribution in [1.29, 1.82) is 0 Å². The molecular weight excluding hydrogens is 348 g/mol. The van der Waals surface area contributed by atoms with Gasteiger partial charge in [0.15, 0.2) is 0 Å². The first-order valence-corrected chi connectivity index (χ1v) is 10.4. The van der Waals surface area contributed by atoms with E-state index in [0.29, 0.717) is 19.0 Å². The fourth-order valence-electron chi connectivity index (χ4n) is 4.49. The average molecular weight is 377 g/mol. The normalized spacial score (nSPS) is 17.9. The maximum absolute atomic E-state index is 13.5. The standard InChI is InChI=1S/C24H28N2O2/c27-23(25-15-7-8-16-25)21-13-17-26(18-14-21)24(28)22(19-9-3-1-4-10-19)20-11-5-2-6-12-20/h1-6,9-12,21-22H,7-8,13-18H2. The number of benzene rings is 2. The number of hydrogen-bond acceptors (Lipinski definition) is 2. The molecule has 2 fully saturated rings. The van der Waals surface area contributed by atoms with E-state index < -0.39 is 0 Å². The molecule has 0 saturated carbocycles. The number of nitrogens with zero attached hydrogens (tertiary/aromatic N) is 2. The van der Waals surface area contributed by atoms with Crippen molar-refractivity contribution in [3.05, 3.63) is 71.8 Å². The largest absolute Gasteiger partial charge is 0.342 e. The number of rotatable bonds is 4. The van der Waals surface area contributed by atoms with E-state index in [1.807, 2.05) is 70.5 Å². The number of carbonyl (C=O) groups excluding carboxylic acids is 2. The molecule has 0 bridgehead atoms. The molecule has 2 saturated heterocycles. The molecule has 4 rings (SSSR count). The third-order valence-corrected chi connectivity index (χ3v) is 6.09. The van der Waals surface area contributed by atoms with Gasteiger partial charge in [0.2, 0.25) is 11.8 Å². The Morgan fingerprint density at radius 1 is 0.714 bits per heavy atom. The zero-order valence-corrected chi connectivity index (χ0v) is 16.3. The molecular formula is C24H28N2O2. The van der Waals surface area contributed by atoms with E-state index in [0.717, 1.165) is 49.9 Å². The molecule has 0 radical (unpaired) electrons. The topological polar surface area (TPSA) is 40.6 Å². The number of hydrogen-bond donors (Lipinski definition) is 0. The Kier molecular flexibility index (Phi) is 5.75. The fourth-order valence-corrected chi connectivity index (χ4v) is 4.49. The maximum Gasteiger partial charge on any atom is 0.234 e. The Morgan fingerprint density at radius 2 is 1.21 bits per heavy atom. The van der Waals surface area contributed by atoms with Crippen molar-refractivity contribution < 1.29 is 9.59 Å². The van der Waals surface area contributed by atoms with Crippen LogP contribution in [-0.4, -0.2) is 47.8 Å². The van der Waals surface area contributed by atoms with E-state index in [4.69, 9.17) is 0 Å². The summed E-state index contributed by atoms with van der Waals surface area (Å²) in [5, 5.41) is 0. The van der Waals surface area contributed by atoms with Crippen molar-refractivity contribution in [2.45, 2.75) is 31.6 Å². The second-order valence-electron chi connectivity index (χ2n) is 7.89. The summed E-state index contributed by atoms with van der Waals surface area (Å²) in [6.45, 7) is 3.14. The van der Waals surface area contributed by atoms with Crippen molar-refractivity contribution in [2.75, 3.05) is 26.2 Å². The van der Waals surface area contributed by atoms with Gasteiger partial charge in [0.1, 0.15) is 0 Å². The van der Waals surface area contributed by atoms with Crippen LogP contribution in [0.3, 0.4) is 0 Å². The minimum Gasteiger partial charge on any atom is -0.342 e. The highest BCUT2D eigenvalue weighted by Gasteiger charge is 2.34. The van der Waals surface area contributed by atoms with Gasteiger partial charge in [-0.15, -0.1) is 0 Å².